The third-order valence-corrected chi connectivity index (χ3v) is 6.61. The van der Waals surface area contributed by atoms with E-state index in [4.69, 9.17) is 11.6 Å². The Hall–Kier alpha value is -3.16. The SMILES string of the molecule is Cc1cc(NC(=O)NCCN2CCC(C(=O)N(C)c3ccccc3Cl)CC2)c2ccccc2n1. The van der Waals surface area contributed by atoms with Crippen LogP contribution in [0.25, 0.3) is 10.9 Å². The summed E-state index contributed by atoms with van der Waals surface area (Å²) in [6, 6.07) is 16.8. The number of para-hydroxylation sites is 2. The van der Waals surface area contributed by atoms with Crippen LogP contribution in [0.2, 0.25) is 5.02 Å². The molecule has 1 fully saturated rings. The van der Waals surface area contributed by atoms with Crippen LogP contribution in [0.15, 0.2) is 54.6 Å². The lowest BCUT2D eigenvalue weighted by molar-refractivity contribution is -0.123. The van der Waals surface area contributed by atoms with E-state index in [1.165, 1.54) is 0 Å². The largest absolute Gasteiger partial charge is 0.337 e. The van der Waals surface area contributed by atoms with Crippen LogP contribution in [0.1, 0.15) is 18.5 Å². The van der Waals surface area contributed by atoms with Gasteiger partial charge in [-0.2, -0.15) is 0 Å². The van der Waals surface area contributed by atoms with Gasteiger partial charge < -0.3 is 20.4 Å². The summed E-state index contributed by atoms with van der Waals surface area (Å²) in [5, 5.41) is 7.38. The number of amides is 3. The average Bonchev–Trinajstić information content (AvgIpc) is 2.84. The van der Waals surface area contributed by atoms with Gasteiger partial charge in [-0.05, 0) is 57.1 Å². The molecule has 0 unspecified atom stereocenters. The lowest BCUT2D eigenvalue weighted by Gasteiger charge is -2.33. The van der Waals surface area contributed by atoms with Crippen LogP contribution in [0.5, 0.6) is 0 Å². The molecular weight excluding hydrogens is 450 g/mol. The highest BCUT2D eigenvalue weighted by Gasteiger charge is 2.28. The van der Waals surface area contributed by atoms with Gasteiger partial charge in [0.1, 0.15) is 0 Å². The number of carbonyl (C=O) groups excluding carboxylic acids is 2. The molecule has 8 heteroatoms. The molecule has 2 heterocycles. The minimum Gasteiger partial charge on any atom is -0.337 e. The Morgan fingerprint density at radius 2 is 1.82 bits per heavy atom. The van der Waals surface area contributed by atoms with E-state index in [9.17, 15) is 9.59 Å². The Balaban J connectivity index is 1.22. The van der Waals surface area contributed by atoms with E-state index in [0.29, 0.717) is 11.6 Å². The first-order valence-electron chi connectivity index (χ1n) is 11.6. The van der Waals surface area contributed by atoms with Gasteiger partial charge in [-0.15, -0.1) is 0 Å². The summed E-state index contributed by atoms with van der Waals surface area (Å²) in [5.41, 5.74) is 3.20. The minimum atomic E-state index is -0.234. The Bertz CT molecular complexity index is 1180. The molecule has 3 aromatic rings. The highest BCUT2D eigenvalue weighted by Crippen LogP contribution is 2.28. The molecule has 2 N–H and O–H groups in total. The van der Waals surface area contributed by atoms with Crippen molar-refractivity contribution >= 4 is 45.8 Å². The van der Waals surface area contributed by atoms with Gasteiger partial charge in [-0.25, -0.2) is 4.79 Å². The second-order valence-electron chi connectivity index (χ2n) is 8.67. The van der Waals surface area contributed by atoms with E-state index in [1.54, 1.807) is 18.0 Å². The van der Waals surface area contributed by atoms with Crippen LogP contribution in [0.3, 0.4) is 0 Å². The number of halogens is 1. The summed E-state index contributed by atoms with van der Waals surface area (Å²) < 4.78 is 0. The monoisotopic (exact) mass is 479 g/mol. The van der Waals surface area contributed by atoms with E-state index >= 15 is 0 Å². The molecule has 2 aromatic carbocycles. The highest BCUT2D eigenvalue weighted by molar-refractivity contribution is 6.33. The average molecular weight is 480 g/mol. The summed E-state index contributed by atoms with van der Waals surface area (Å²) in [7, 11) is 1.78. The molecule has 1 saturated heterocycles. The number of hydrogen-bond acceptors (Lipinski definition) is 4. The van der Waals surface area contributed by atoms with Gasteiger partial charge in [0, 0.05) is 37.1 Å². The van der Waals surface area contributed by atoms with E-state index in [1.807, 2.05) is 55.5 Å². The van der Waals surface area contributed by atoms with Crippen molar-refractivity contribution in [2.24, 2.45) is 5.92 Å². The lowest BCUT2D eigenvalue weighted by Crippen LogP contribution is -2.44. The minimum absolute atomic E-state index is 0.0167. The molecule has 0 atom stereocenters. The van der Waals surface area contributed by atoms with Gasteiger partial charge >= 0.3 is 6.03 Å². The molecule has 178 valence electrons. The van der Waals surface area contributed by atoms with Crippen molar-refractivity contribution in [3.8, 4) is 0 Å². The molecule has 4 rings (SSSR count). The Morgan fingerprint density at radius 1 is 1.12 bits per heavy atom. The highest BCUT2D eigenvalue weighted by atomic mass is 35.5. The predicted octanol–water partition coefficient (Wildman–Crippen LogP) is 4.69. The molecule has 0 spiro atoms. The van der Waals surface area contributed by atoms with Crippen LogP contribution in [-0.4, -0.2) is 55.0 Å². The van der Waals surface area contributed by atoms with Gasteiger partial charge in [0.05, 0.1) is 21.9 Å². The molecular formula is C26H30ClN5O2. The van der Waals surface area contributed by atoms with E-state index in [2.05, 4.69) is 20.5 Å². The zero-order valence-electron chi connectivity index (χ0n) is 19.6. The normalized spacial score (nSPS) is 14.7. The quantitative estimate of drug-likeness (QED) is 0.537. The first kappa shape index (κ1) is 24.0. The van der Waals surface area contributed by atoms with Gasteiger partial charge in [0.2, 0.25) is 5.91 Å². The number of aryl methyl sites for hydroxylation is 1. The zero-order valence-corrected chi connectivity index (χ0v) is 20.3. The number of urea groups is 1. The third-order valence-electron chi connectivity index (χ3n) is 6.29. The molecule has 1 aliphatic rings. The summed E-state index contributed by atoms with van der Waals surface area (Å²) in [4.78, 5) is 33.9. The molecule has 1 aromatic heterocycles. The molecule has 0 saturated carbocycles. The second kappa shape index (κ2) is 10.8. The number of benzene rings is 2. The van der Waals surface area contributed by atoms with Crippen LogP contribution in [0.4, 0.5) is 16.2 Å². The number of hydrogen-bond donors (Lipinski definition) is 2. The van der Waals surface area contributed by atoms with Crippen LogP contribution >= 0.6 is 11.6 Å². The fourth-order valence-electron chi connectivity index (χ4n) is 4.43. The van der Waals surface area contributed by atoms with Gasteiger partial charge in [0.15, 0.2) is 0 Å². The Morgan fingerprint density at radius 3 is 2.59 bits per heavy atom. The first-order chi connectivity index (χ1) is 16.4. The van der Waals surface area contributed by atoms with Crippen molar-refractivity contribution in [3.63, 3.8) is 0 Å². The lowest BCUT2D eigenvalue weighted by atomic mass is 9.95. The first-order valence-corrected chi connectivity index (χ1v) is 12.0. The summed E-state index contributed by atoms with van der Waals surface area (Å²) in [6.07, 6.45) is 1.59. The smallest absolute Gasteiger partial charge is 0.319 e. The summed E-state index contributed by atoms with van der Waals surface area (Å²) in [6.45, 7) is 4.83. The van der Waals surface area contributed by atoms with E-state index < -0.39 is 0 Å². The number of aromatic nitrogens is 1. The van der Waals surface area contributed by atoms with Crippen molar-refractivity contribution in [2.75, 3.05) is 43.4 Å². The molecule has 7 nitrogen and oxygen atoms in total. The molecule has 0 aliphatic carbocycles. The van der Waals surface area contributed by atoms with Crippen LogP contribution in [0, 0.1) is 12.8 Å². The maximum atomic E-state index is 12.9. The van der Waals surface area contributed by atoms with Crippen molar-refractivity contribution < 1.29 is 9.59 Å². The zero-order chi connectivity index (χ0) is 24.1. The number of pyridine rings is 1. The van der Waals surface area contributed by atoms with Crippen molar-refractivity contribution in [2.45, 2.75) is 19.8 Å². The van der Waals surface area contributed by atoms with Gasteiger partial charge in [-0.3, -0.25) is 9.78 Å². The summed E-state index contributed by atoms with van der Waals surface area (Å²) in [5.74, 6) is 0.0853. The number of carbonyl (C=O) groups is 2. The number of likely N-dealkylation sites (tertiary alicyclic amines) is 1. The molecule has 0 radical (unpaired) electrons. The van der Waals surface area contributed by atoms with Crippen molar-refractivity contribution in [1.82, 2.24) is 15.2 Å². The maximum Gasteiger partial charge on any atom is 0.319 e. The predicted molar refractivity (Wildman–Crippen MR) is 138 cm³/mol. The van der Waals surface area contributed by atoms with Crippen molar-refractivity contribution in [3.05, 3.63) is 65.3 Å². The number of piperidine rings is 1. The van der Waals surface area contributed by atoms with E-state index in [0.717, 1.165) is 60.4 Å². The van der Waals surface area contributed by atoms with Gasteiger partial charge in [0.25, 0.3) is 0 Å². The fraction of sp³-hybridized carbons (Fsp3) is 0.346. The molecule has 3 amide bonds. The van der Waals surface area contributed by atoms with Crippen LogP contribution in [-0.2, 0) is 4.79 Å². The second-order valence-corrected chi connectivity index (χ2v) is 9.08. The molecule has 1 aliphatic heterocycles. The topological polar surface area (TPSA) is 77.6 Å². The Kier molecular flexibility index (Phi) is 7.65. The number of nitrogens with one attached hydrogen (secondary N) is 2. The maximum absolute atomic E-state index is 12.9. The number of fused-ring (bicyclic) bond motifs is 1. The Labute approximate surface area is 205 Å². The van der Waals surface area contributed by atoms with Crippen LogP contribution < -0.4 is 15.5 Å². The van der Waals surface area contributed by atoms with E-state index in [-0.39, 0.29) is 17.9 Å². The number of rotatable bonds is 6. The molecule has 34 heavy (non-hydrogen) atoms. The molecule has 0 bridgehead atoms. The standard InChI is InChI=1S/C26H30ClN5O2/c1-18-17-23(20-7-3-5-9-22(20)29-18)30-26(34)28-13-16-32-14-11-19(12-15-32)25(33)31(2)24-10-6-4-8-21(24)27/h3-10,17,19H,11-16H2,1-2H3,(H2,28,29,30,34). The summed E-state index contributed by atoms with van der Waals surface area (Å²) >= 11 is 6.25. The van der Waals surface area contributed by atoms with Gasteiger partial charge in [-0.1, -0.05) is 41.9 Å². The third kappa shape index (κ3) is 5.66. The van der Waals surface area contributed by atoms with Crippen molar-refractivity contribution in [1.29, 1.82) is 0 Å². The number of nitrogens with zero attached hydrogens (tertiary/aromatic N) is 3. The fourth-order valence-corrected chi connectivity index (χ4v) is 4.69. The number of anilines is 2.